The number of methoxy groups -OCH3 is 1. The first-order valence-corrected chi connectivity index (χ1v) is 12.0. The van der Waals surface area contributed by atoms with E-state index < -0.39 is 35.3 Å². The van der Waals surface area contributed by atoms with Gasteiger partial charge in [0.1, 0.15) is 34.9 Å². The van der Waals surface area contributed by atoms with Gasteiger partial charge in [0.15, 0.2) is 5.13 Å². The van der Waals surface area contributed by atoms with Crippen molar-refractivity contribution < 1.29 is 33.4 Å². The lowest BCUT2D eigenvalue weighted by Crippen LogP contribution is -2.29. The molecular formula is C27H23FN2O6S. The van der Waals surface area contributed by atoms with Crippen molar-refractivity contribution in [2.75, 3.05) is 18.6 Å². The summed E-state index contributed by atoms with van der Waals surface area (Å²) in [6.45, 7) is 7.15. The summed E-state index contributed by atoms with van der Waals surface area (Å²) in [5.41, 5.74) is 0.809. The minimum absolute atomic E-state index is 0.00259. The molecule has 190 valence electrons. The molecule has 1 N–H and O–H groups in total. The number of thiazole rings is 1. The Morgan fingerprint density at radius 1 is 1.24 bits per heavy atom. The second-order valence-corrected chi connectivity index (χ2v) is 9.15. The highest BCUT2D eigenvalue weighted by atomic mass is 32.1. The molecule has 4 rings (SSSR count). The molecule has 0 radical (unpaired) electrons. The fraction of sp³-hybridized carbons (Fsp3) is 0.185. The summed E-state index contributed by atoms with van der Waals surface area (Å²) in [4.78, 5) is 44.2. The van der Waals surface area contributed by atoms with Gasteiger partial charge in [-0.25, -0.2) is 14.2 Å². The van der Waals surface area contributed by atoms with Crippen LogP contribution in [0, 0.1) is 19.7 Å². The van der Waals surface area contributed by atoms with E-state index in [2.05, 4.69) is 11.6 Å². The third-order valence-corrected chi connectivity index (χ3v) is 6.96. The molecule has 1 fully saturated rings. The van der Waals surface area contributed by atoms with Crippen LogP contribution in [0.5, 0.6) is 5.75 Å². The summed E-state index contributed by atoms with van der Waals surface area (Å²) < 4.78 is 25.4. The summed E-state index contributed by atoms with van der Waals surface area (Å²) >= 11 is 0.838. The average Bonchev–Trinajstić information content (AvgIpc) is 3.38. The number of nitrogens with zero attached hydrogens (tertiary/aromatic N) is 2. The lowest BCUT2D eigenvalue weighted by Gasteiger charge is -2.23. The maximum absolute atomic E-state index is 15.1. The first kappa shape index (κ1) is 25.8. The number of aliphatic hydroxyl groups excluding tert-OH is 1. The van der Waals surface area contributed by atoms with E-state index in [1.54, 1.807) is 44.2 Å². The molecule has 2 heterocycles. The van der Waals surface area contributed by atoms with Crippen LogP contribution in [0.2, 0.25) is 0 Å². The van der Waals surface area contributed by atoms with Crippen LogP contribution in [-0.4, -0.2) is 41.5 Å². The lowest BCUT2D eigenvalue weighted by atomic mass is 9.93. The second-order valence-electron chi connectivity index (χ2n) is 8.17. The number of carbonyl (C=O) groups excluding carboxylic acids is 3. The molecule has 1 aliphatic rings. The second kappa shape index (κ2) is 10.4. The maximum atomic E-state index is 15.1. The number of rotatable bonds is 7. The highest BCUT2D eigenvalue weighted by Crippen LogP contribution is 2.45. The van der Waals surface area contributed by atoms with Gasteiger partial charge in [-0.1, -0.05) is 42.2 Å². The van der Waals surface area contributed by atoms with Crippen molar-refractivity contribution >= 4 is 39.9 Å². The number of hydrogen-bond acceptors (Lipinski definition) is 8. The van der Waals surface area contributed by atoms with Crippen LogP contribution < -0.4 is 9.64 Å². The van der Waals surface area contributed by atoms with Gasteiger partial charge in [-0.3, -0.25) is 14.5 Å². The Bertz CT molecular complexity index is 1460. The molecule has 10 heteroatoms. The van der Waals surface area contributed by atoms with E-state index in [4.69, 9.17) is 9.47 Å². The third kappa shape index (κ3) is 4.63. The Morgan fingerprint density at radius 2 is 1.97 bits per heavy atom. The van der Waals surface area contributed by atoms with Gasteiger partial charge in [0.2, 0.25) is 0 Å². The molecule has 0 saturated carbocycles. The summed E-state index contributed by atoms with van der Waals surface area (Å²) in [7, 11) is 1.21. The Balaban J connectivity index is 1.92. The number of aromatic nitrogens is 1. The number of Topliss-reactive ketones (excluding diaryl/α,β-unsaturated/α-hetero) is 1. The van der Waals surface area contributed by atoms with Crippen LogP contribution >= 0.6 is 11.3 Å². The number of amides is 1. The number of aliphatic hydroxyl groups is 1. The molecule has 1 saturated heterocycles. The molecule has 3 aromatic rings. The minimum atomic E-state index is -1.33. The van der Waals surface area contributed by atoms with Crippen molar-refractivity contribution in [3.8, 4) is 5.75 Å². The zero-order chi connectivity index (χ0) is 26.9. The molecule has 1 amide bonds. The van der Waals surface area contributed by atoms with Crippen LogP contribution in [0.4, 0.5) is 9.52 Å². The number of halogens is 1. The first-order chi connectivity index (χ1) is 17.7. The highest BCUT2D eigenvalue weighted by Gasteiger charge is 2.49. The molecule has 0 unspecified atom stereocenters. The molecule has 1 atom stereocenters. The molecule has 2 aromatic carbocycles. The molecular weight excluding hydrogens is 499 g/mol. The van der Waals surface area contributed by atoms with Gasteiger partial charge < -0.3 is 14.6 Å². The van der Waals surface area contributed by atoms with Crippen LogP contribution in [0.3, 0.4) is 0 Å². The average molecular weight is 523 g/mol. The van der Waals surface area contributed by atoms with Gasteiger partial charge in [-0.15, -0.1) is 0 Å². The highest BCUT2D eigenvalue weighted by molar-refractivity contribution is 7.17. The van der Waals surface area contributed by atoms with Crippen molar-refractivity contribution in [1.29, 1.82) is 0 Å². The summed E-state index contributed by atoms with van der Waals surface area (Å²) in [5, 5.41) is 11.3. The van der Waals surface area contributed by atoms with Crippen molar-refractivity contribution in [3.63, 3.8) is 0 Å². The quantitative estimate of drug-likeness (QED) is 0.155. The van der Waals surface area contributed by atoms with Crippen molar-refractivity contribution in [2.45, 2.75) is 19.9 Å². The number of carbonyl (C=O) groups is 3. The Kier molecular flexibility index (Phi) is 7.21. The minimum Gasteiger partial charge on any atom is -0.507 e. The number of esters is 1. The summed E-state index contributed by atoms with van der Waals surface area (Å²) in [6, 6.07) is 9.15. The molecule has 0 aliphatic carbocycles. The number of ketones is 1. The summed E-state index contributed by atoms with van der Waals surface area (Å²) in [6.07, 6.45) is 1.59. The SMILES string of the molecule is C=CCOc1ccc(C(O)=C2C(=O)C(=O)N(c3nc(C)c(C(=O)OC)s3)[C@H]2c2ccccc2F)c(C)c1. The van der Waals surface area contributed by atoms with E-state index in [-0.39, 0.29) is 39.0 Å². The van der Waals surface area contributed by atoms with Crippen molar-refractivity contribution in [1.82, 2.24) is 4.98 Å². The van der Waals surface area contributed by atoms with E-state index in [0.717, 1.165) is 16.2 Å². The maximum Gasteiger partial charge on any atom is 0.350 e. The van der Waals surface area contributed by atoms with Crippen molar-refractivity contribution in [2.24, 2.45) is 0 Å². The summed E-state index contributed by atoms with van der Waals surface area (Å²) in [5.74, 6) is -3.31. The zero-order valence-corrected chi connectivity index (χ0v) is 21.1. The van der Waals surface area contributed by atoms with E-state index in [0.29, 0.717) is 11.3 Å². The van der Waals surface area contributed by atoms with Gasteiger partial charge in [0, 0.05) is 11.1 Å². The molecule has 0 bridgehead atoms. The van der Waals surface area contributed by atoms with Gasteiger partial charge in [0.05, 0.1) is 18.4 Å². The Labute approximate surface area is 216 Å². The van der Waals surface area contributed by atoms with E-state index in [1.807, 2.05) is 0 Å². The fourth-order valence-electron chi connectivity index (χ4n) is 4.08. The number of ether oxygens (including phenoxy) is 2. The van der Waals surface area contributed by atoms with E-state index >= 15 is 4.39 Å². The van der Waals surface area contributed by atoms with Crippen LogP contribution in [0.25, 0.3) is 5.76 Å². The van der Waals surface area contributed by atoms with E-state index in [1.165, 1.54) is 25.3 Å². The molecule has 0 spiro atoms. The lowest BCUT2D eigenvalue weighted by molar-refractivity contribution is -0.132. The topological polar surface area (TPSA) is 106 Å². The number of anilines is 1. The Hall–Kier alpha value is -4.31. The van der Waals surface area contributed by atoms with Gasteiger partial charge >= 0.3 is 11.9 Å². The normalized spacial score (nSPS) is 16.6. The number of aryl methyl sites for hydroxylation is 2. The number of benzene rings is 2. The molecule has 8 nitrogen and oxygen atoms in total. The van der Waals surface area contributed by atoms with Gasteiger partial charge in [-0.2, -0.15) is 0 Å². The van der Waals surface area contributed by atoms with Crippen LogP contribution in [-0.2, 0) is 14.3 Å². The van der Waals surface area contributed by atoms with Gasteiger partial charge in [-0.05, 0) is 43.7 Å². The smallest absolute Gasteiger partial charge is 0.350 e. The third-order valence-electron chi connectivity index (χ3n) is 5.83. The van der Waals surface area contributed by atoms with Gasteiger partial charge in [0.25, 0.3) is 5.78 Å². The molecule has 1 aromatic heterocycles. The fourth-order valence-corrected chi connectivity index (χ4v) is 5.09. The first-order valence-electron chi connectivity index (χ1n) is 11.2. The monoisotopic (exact) mass is 522 g/mol. The Morgan fingerprint density at radius 3 is 2.62 bits per heavy atom. The van der Waals surface area contributed by atoms with E-state index in [9.17, 15) is 19.5 Å². The molecule has 1 aliphatic heterocycles. The van der Waals surface area contributed by atoms with Crippen LogP contribution in [0.15, 0.2) is 60.7 Å². The van der Waals surface area contributed by atoms with Crippen LogP contribution in [0.1, 0.15) is 38.1 Å². The number of hydrogen-bond donors (Lipinski definition) is 1. The standard InChI is InChI=1S/C27H23FN2O6S/c1-5-12-36-16-10-11-17(14(2)13-16)22(31)20-21(18-8-6-7-9-19(18)28)30(25(33)23(20)32)27-29-15(3)24(37-27)26(34)35-4/h5-11,13,21,31H,1,12H2,2-4H3/t21-/m0/s1. The molecule has 37 heavy (non-hydrogen) atoms. The zero-order valence-electron chi connectivity index (χ0n) is 20.3. The predicted molar refractivity (Wildman–Crippen MR) is 136 cm³/mol. The largest absolute Gasteiger partial charge is 0.507 e. The predicted octanol–water partition coefficient (Wildman–Crippen LogP) is 4.88. The van der Waals surface area contributed by atoms with Crippen molar-refractivity contribution in [3.05, 3.63) is 93.8 Å².